The summed E-state index contributed by atoms with van der Waals surface area (Å²) in [5, 5.41) is 0.670. The monoisotopic (exact) mass is 430 g/mol. The Morgan fingerprint density at radius 1 is 1.05 bits per heavy atom. The molecule has 0 N–H and O–H groups in total. The van der Waals surface area contributed by atoms with E-state index in [0.717, 1.165) is 15.8 Å². The van der Waals surface area contributed by atoms with Gasteiger partial charge in [-0.15, -0.1) is 0 Å². The maximum Gasteiger partial charge on any atom is 0.162 e. The van der Waals surface area contributed by atoms with E-state index in [-0.39, 0.29) is 4.83 Å². The summed E-state index contributed by atoms with van der Waals surface area (Å²) in [5.41, 5.74) is 3.35. The molecule has 1 atom stereocenters. The molecule has 0 amide bonds. The summed E-state index contributed by atoms with van der Waals surface area (Å²) < 4.78 is 12.3. The van der Waals surface area contributed by atoms with Gasteiger partial charge in [0.05, 0.1) is 4.83 Å². The first-order valence-corrected chi connectivity index (χ1v) is 8.64. The smallest absolute Gasteiger partial charge is 0.162 e. The Labute approximate surface area is 145 Å². The van der Waals surface area contributed by atoms with Gasteiger partial charge in [-0.1, -0.05) is 49.5 Å². The maximum absolute atomic E-state index is 6.41. The van der Waals surface area contributed by atoms with Crippen LogP contribution in [0.25, 0.3) is 0 Å². The van der Waals surface area contributed by atoms with Crippen LogP contribution in [0.15, 0.2) is 34.8 Å². The summed E-state index contributed by atoms with van der Waals surface area (Å²) in [4.78, 5) is 0.00827. The SMILES string of the molecule is Cc1cc(Br)ccc1C(Br)c1cc2c(cc1Cl)OCCO2. The van der Waals surface area contributed by atoms with E-state index in [1.807, 2.05) is 18.2 Å². The number of rotatable bonds is 2. The lowest BCUT2D eigenvalue weighted by molar-refractivity contribution is 0.171. The van der Waals surface area contributed by atoms with Gasteiger partial charge in [0.25, 0.3) is 0 Å². The molecule has 2 aromatic rings. The third-order valence-electron chi connectivity index (χ3n) is 3.44. The molecular formula is C16H13Br2ClO2. The molecule has 21 heavy (non-hydrogen) atoms. The summed E-state index contributed by atoms with van der Waals surface area (Å²) in [7, 11) is 0. The van der Waals surface area contributed by atoms with Crippen molar-refractivity contribution >= 4 is 43.5 Å². The molecule has 0 saturated carbocycles. The molecule has 0 bridgehead atoms. The molecule has 0 saturated heterocycles. The Bertz CT molecular complexity index is 688. The van der Waals surface area contributed by atoms with Crippen molar-refractivity contribution in [3.05, 3.63) is 56.5 Å². The van der Waals surface area contributed by atoms with E-state index in [1.54, 1.807) is 0 Å². The van der Waals surface area contributed by atoms with Crippen LogP contribution in [0, 0.1) is 6.92 Å². The Kier molecular flexibility index (Phi) is 4.48. The van der Waals surface area contributed by atoms with Crippen LogP contribution >= 0.6 is 43.5 Å². The van der Waals surface area contributed by atoms with Gasteiger partial charge in [-0.25, -0.2) is 0 Å². The van der Waals surface area contributed by atoms with Crippen LogP contribution in [-0.4, -0.2) is 13.2 Å². The van der Waals surface area contributed by atoms with E-state index in [1.165, 1.54) is 11.1 Å². The van der Waals surface area contributed by atoms with E-state index >= 15 is 0 Å². The summed E-state index contributed by atoms with van der Waals surface area (Å²) in [6, 6.07) is 10.00. The average Bonchev–Trinajstić information content (AvgIpc) is 2.46. The lowest BCUT2D eigenvalue weighted by atomic mass is 10.00. The van der Waals surface area contributed by atoms with Gasteiger partial charge < -0.3 is 9.47 Å². The first kappa shape index (κ1) is 15.2. The van der Waals surface area contributed by atoms with E-state index < -0.39 is 0 Å². The highest BCUT2D eigenvalue weighted by atomic mass is 79.9. The molecule has 5 heteroatoms. The largest absolute Gasteiger partial charge is 0.486 e. The second kappa shape index (κ2) is 6.19. The van der Waals surface area contributed by atoms with Crippen LogP contribution in [0.5, 0.6) is 11.5 Å². The molecule has 1 unspecified atom stereocenters. The molecular weight excluding hydrogens is 419 g/mol. The molecule has 1 aliphatic heterocycles. The van der Waals surface area contributed by atoms with Crippen LogP contribution in [0.2, 0.25) is 5.02 Å². The van der Waals surface area contributed by atoms with Gasteiger partial charge in [0.15, 0.2) is 11.5 Å². The fourth-order valence-corrected chi connectivity index (χ4v) is 4.13. The number of fused-ring (bicyclic) bond motifs is 1. The van der Waals surface area contributed by atoms with Crippen LogP contribution in [0.3, 0.4) is 0 Å². The van der Waals surface area contributed by atoms with E-state index in [4.69, 9.17) is 21.1 Å². The number of halogens is 3. The predicted molar refractivity (Wildman–Crippen MR) is 92.1 cm³/mol. The van der Waals surface area contributed by atoms with E-state index in [2.05, 4.69) is 50.9 Å². The Morgan fingerprint density at radius 2 is 1.71 bits per heavy atom. The van der Waals surface area contributed by atoms with Gasteiger partial charge >= 0.3 is 0 Å². The topological polar surface area (TPSA) is 18.5 Å². The van der Waals surface area contributed by atoms with Gasteiger partial charge in [-0.2, -0.15) is 0 Å². The predicted octanol–water partition coefficient (Wildman–Crippen LogP) is 5.67. The van der Waals surface area contributed by atoms with Gasteiger partial charge in [-0.05, 0) is 41.8 Å². The normalized spacial score (nSPS) is 14.9. The zero-order valence-corrected chi connectivity index (χ0v) is 15.3. The zero-order chi connectivity index (χ0) is 15.0. The van der Waals surface area contributed by atoms with Crippen molar-refractivity contribution in [1.82, 2.24) is 0 Å². The fourth-order valence-electron chi connectivity index (χ4n) is 2.36. The highest BCUT2D eigenvalue weighted by Gasteiger charge is 2.21. The second-order valence-electron chi connectivity index (χ2n) is 4.88. The minimum Gasteiger partial charge on any atom is -0.486 e. The number of hydrogen-bond acceptors (Lipinski definition) is 2. The number of benzene rings is 2. The molecule has 3 rings (SSSR count). The molecule has 1 heterocycles. The van der Waals surface area contributed by atoms with E-state index in [0.29, 0.717) is 24.0 Å². The molecule has 0 radical (unpaired) electrons. The lowest BCUT2D eigenvalue weighted by Crippen LogP contribution is -2.15. The molecule has 2 nitrogen and oxygen atoms in total. The minimum atomic E-state index is 0.00827. The number of alkyl halides is 1. The summed E-state index contributed by atoms with van der Waals surface area (Å²) in [6.07, 6.45) is 0. The Hall–Kier alpha value is -0.710. The summed E-state index contributed by atoms with van der Waals surface area (Å²) in [6.45, 7) is 3.21. The number of aryl methyl sites for hydroxylation is 1. The minimum absolute atomic E-state index is 0.00827. The summed E-state index contributed by atoms with van der Waals surface area (Å²) in [5.74, 6) is 1.46. The lowest BCUT2D eigenvalue weighted by Gasteiger charge is -2.22. The van der Waals surface area contributed by atoms with Crippen molar-refractivity contribution in [1.29, 1.82) is 0 Å². The summed E-state index contributed by atoms with van der Waals surface area (Å²) >= 11 is 13.7. The van der Waals surface area contributed by atoms with Crippen LogP contribution in [-0.2, 0) is 0 Å². The van der Waals surface area contributed by atoms with Crippen LogP contribution in [0.1, 0.15) is 21.5 Å². The molecule has 0 aromatic heterocycles. The Morgan fingerprint density at radius 3 is 2.38 bits per heavy atom. The van der Waals surface area contributed by atoms with Crippen molar-refractivity contribution in [3.8, 4) is 11.5 Å². The quantitative estimate of drug-likeness (QED) is 0.570. The van der Waals surface area contributed by atoms with Crippen molar-refractivity contribution in [2.75, 3.05) is 13.2 Å². The van der Waals surface area contributed by atoms with Gasteiger partial charge in [0, 0.05) is 15.6 Å². The zero-order valence-electron chi connectivity index (χ0n) is 11.3. The standard InChI is InChI=1S/C16H13Br2ClO2/c1-9-6-10(17)2-3-11(9)16(18)12-7-14-15(8-13(12)19)21-5-4-20-14/h2-3,6-8,16H,4-5H2,1H3. The molecule has 0 fully saturated rings. The van der Waals surface area contributed by atoms with Crippen molar-refractivity contribution in [2.45, 2.75) is 11.8 Å². The fraction of sp³-hybridized carbons (Fsp3) is 0.250. The first-order valence-electron chi connectivity index (χ1n) is 6.55. The number of hydrogen-bond donors (Lipinski definition) is 0. The van der Waals surface area contributed by atoms with Crippen molar-refractivity contribution in [2.24, 2.45) is 0 Å². The van der Waals surface area contributed by atoms with Crippen LogP contribution < -0.4 is 9.47 Å². The molecule has 0 aliphatic carbocycles. The molecule has 2 aromatic carbocycles. The third kappa shape index (κ3) is 3.08. The van der Waals surface area contributed by atoms with Gasteiger partial charge in [0.1, 0.15) is 13.2 Å². The molecule has 110 valence electrons. The average molecular weight is 433 g/mol. The first-order chi connectivity index (χ1) is 10.1. The second-order valence-corrected chi connectivity index (χ2v) is 7.12. The van der Waals surface area contributed by atoms with E-state index in [9.17, 15) is 0 Å². The highest BCUT2D eigenvalue weighted by Crippen LogP contribution is 2.43. The van der Waals surface area contributed by atoms with Gasteiger partial charge in [-0.3, -0.25) is 0 Å². The van der Waals surface area contributed by atoms with Crippen molar-refractivity contribution < 1.29 is 9.47 Å². The molecule has 0 spiro atoms. The Balaban J connectivity index is 2.03. The van der Waals surface area contributed by atoms with Gasteiger partial charge in [0.2, 0.25) is 0 Å². The molecule has 1 aliphatic rings. The number of ether oxygens (including phenoxy) is 2. The third-order valence-corrected chi connectivity index (χ3v) is 5.25. The highest BCUT2D eigenvalue weighted by molar-refractivity contribution is 9.10. The van der Waals surface area contributed by atoms with Crippen LogP contribution in [0.4, 0.5) is 0 Å². The maximum atomic E-state index is 6.41. The van der Waals surface area contributed by atoms with Crippen molar-refractivity contribution in [3.63, 3.8) is 0 Å².